The highest BCUT2D eigenvalue weighted by Gasteiger charge is 2.50. The Kier molecular flexibility index (Phi) is 12.1. The zero-order valence-corrected chi connectivity index (χ0v) is 32.9. The van der Waals surface area contributed by atoms with E-state index in [1.165, 1.54) is 4.90 Å². The van der Waals surface area contributed by atoms with Crippen LogP contribution in [0.4, 0.5) is 22.7 Å². The standard InChI is InChI=1S/C40H45ClN8O5S/c1-5-26-19-31(49-39(55)48(38(53)40(49,3)4)30-10-9-27(22-42)32(41)21-30)11-13-34(26)54-18-17-46-15-16-47(25(2)23-46)24-36(51)44-29-8-6-7-28(20-29)43-33-12-14-35(50)45-37(33)52/h6-11,13,19-21,25,33,43H,5,12,14-18,23-24H2,1-4H3,(H,44,51)(H,45,50,52)/t25-,33?/m1/s1. The molecule has 15 heteroatoms. The first-order chi connectivity index (χ1) is 26.3. The van der Waals surface area contributed by atoms with E-state index in [0.29, 0.717) is 47.2 Å². The summed E-state index contributed by atoms with van der Waals surface area (Å²) in [5.41, 5.74) is 2.95. The Labute approximate surface area is 331 Å². The Hall–Kier alpha value is -5.07. The number of anilines is 4. The van der Waals surface area contributed by atoms with E-state index in [-0.39, 0.29) is 47.7 Å². The van der Waals surface area contributed by atoms with Crippen LogP contribution in [0.15, 0.2) is 60.7 Å². The Balaban J connectivity index is 0.992. The van der Waals surface area contributed by atoms with Crippen LogP contribution in [0.25, 0.3) is 0 Å². The number of hydrogen-bond donors (Lipinski definition) is 3. The third-order valence-electron chi connectivity index (χ3n) is 10.3. The van der Waals surface area contributed by atoms with Gasteiger partial charge in [0, 0.05) is 55.7 Å². The number of nitriles is 1. The summed E-state index contributed by atoms with van der Waals surface area (Å²) < 4.78 is 6.30. The second-order valence-corrected chi connectivity index (χ2v) is 15.3. The summed E-state index contributed by atoms with van der Waals surface area (Å²) in [6, 6.07) is 19.6. The van der Waals surface area contributed by atoms with Gasteiger partial charge < -0.3 is 20.3 Å². The lowest BCUT2D eigenvalue weighted by Crippen LogP contribution is -2.54. The molecule has 6 rings (SSSR count). The summed E-state index contributed by atoms with van der Waals surface area (Å²) in [4.78, 5) is 58.1. The zero-order valence-electron chi connectivity index (χ0n) is 31.4. The number of hydrogen-bond acceptors (Lipinski definition) is 10. The first-order valence-corrected chi connectivity index (χ1v) is 19.2. The number of nitrogens with zero attached hydrogens (tertiary/aromatic N) is 5. The van der Waals surface area contributed by atoms with Crippen molar-refractivity contribution in [2.45, 2.75) is 64.6 Å². The van der Waals surface area contributed by atoms with Crippen LogP contribution in [-0.4, -0.2) is 95.5 Å². The van der Waals surface area contributed by atoms with Crippen LogP contribution in [0.3, 0.4) is 0 Å². The maximum atomic E-state index is 13.7. The molecule has 288 valence electrons. The minimum Gasteiger partial charge on any atom is -0.492 e. The van der Waals surface area contributed by atoms with Crippen molar-refractivity contribution in [3.05, 3.63) is 76.8 Å². The number of amides is 4. The Morgan fingerprint density at radius 3 is 2.55 bits per heavy atom. The highest BCUT2D eigenvalue weighted by Crippen LogP contribution is 2.39. The lowest BCUT2D eigenvalue weighted by Gasteiger charge is -2.39. The molecule has 3 saturated heterocycles. The minimum atomic E-state index is -0.966. The van der Waals surface area contributed by atoms with Gasteiger partial charge in [0.1, 0.15) is 30.0 Å². The number of thiocarbonyl (C=S) groups is 1. The molecule has 0 saturated carbocycles. The normalized spacial score (nSPS) is 20.3. The second-order valence-electron chi connectivity index (χ2n) is 14.5. The average molecular weight is 785 g/mol. The van der Waals surface area contributed by atoms with Gasteiger partial charge in [-0.2, -0.15) is 5.26 Å². The summed E-state index contributed by atoms with van der Waals surface area (Å²) in [5.74, 6) is -0.156. The van der Waals surface area contributed by atoms with Crippen molar-refractivity contribution in [1.82, 2.24) is 15.1 Å². The first kappa shape index (κ1) is 39.6. The van der Waals surface area contributed by atoms with Gasteiger partial charge in [-0.15, -0.1) is 0 Å². The molecular formula is C40H45ClN8O5S. The molecule has 0 radical (unpaired) electrons. The highest BCUT2D eigenvalue weighted by molar-refractivity contribution is 7.81. The number of imide groups is 1. The van der Waals surface area contributed by atoms with E-state index in [1.54, 1.807) is 36.4 Å². The van der Waals surface area contributed by atoms with Crippen molar-refractivity contribution in [1.29, 1.82) is 5.26 Å². The molecule has 3 aliphatic heterocycles. The van der Waals surface area contributed by atoms with Crippen molar-refractivity contribution >= 4 is 75.3 Å². The molecule has 3 heterocycles. The Morgan fingerprint density at radius 1 is 1.07 bits per heavy atom. The first-order valence-electron chi connectivity index (χ1n) is 18.4. The molecule has 4 amide bonds. The fourth-order valence-electron chi connectivity index (χ4n) is 7.21. The van der Waals surface area contributed by atoms with E-state index < -0.39 is 11.6 Å². The lowest BCUT2D eigenvalue weighted by molar-refractivity contribution is -0.133. The van der Waals surface area contributed by atoms with Crippen molar-refractivity contribution < 1.29 is 23.9 Å². The van der Waals surface area contributed by atoms with Crippen LogP contribution < -0.4 is 30.5 Å². The van der Waals surface area contributed by atoms with Crippen LogP contribution >= 0.6 is 23.8 Å². The highest BCUT2D eigenvalue weighted by atomic mass is 35.5. The number of aryl methyl sites for hydroxylation is 1. The maximum Gasteiger partial charge on any atom is 0.259 e. The van der Waals surface area contributed by atoms with Gasteiger partial charge in [0.2, 0.25) is 17.7 Å². The lowest BCUT2D eigenvalue weighted by atomic mass is 10.0. The van der Waals surface area contributed by atoms with Crippen molar-refractivity contribution in [3.63, 3.8) is 0 Å². The van der Waals surface area contributed by atoms with E-state index in [1.807, 2.05) is 49.1 Å². The Bertz CT molecular complexity index is 2050. The van der Waals surface area contributed by atoms with Gasteiger partial charge in [0.05, 0.1) is 22.8 Å². The molecule has 13 nitrogen and oxygen atoms in total. The van der Waals surface area contributed by atoms with Gasteiger partial charge in [-0.05, 0) is 106 Å². The van der Waals surface area contributed by atoms with Gasteiger partial charge in [-0.25, -0.2) is 0 Å². The van der Waals surface area contributed by atoms with Crippen LogP contribution in [0.5, 0.6) is 5.75 Å². The van der Waals surface area contributed by atoms with Crippen molar-refractivity contribution in [2.24, 2.45) is 0 Å². The topological polar surface area (TPSA) is 150 Å². The number of carbonyl (C=O) groups excluding carboxylic acids is 4. The molecule has 0 bridgehead atoms. The largest absolute Gasteiger partial charge is 0.492 e. The predicted octanol–water partition coefficient (Wildman–Crippen LogP) is 4.93. The van der Waals surface area contributed by atoms with Crippen LogP contribution in [0, 0.1) is 11.3 Å². The summed E-state index contributed by atoms with van der Waals surface area (Å²) in [6.45, 7) is 11.6. The van der Waals surface area contributed by atoms with Crippen molar-refractivity contribution in [3.8, 4) is 11.8 Å². The maximum absolute atomic E-state index is 13.7. The van der Waals surface area contributed by atoms with E-state index in [4.69, 9.17) is 28.6 Å². The zero-order chi connectivity index (χ0) is 39.4. The van der Waals surface area contributed by atoms with Crippen LogP contribution in [0.1, 0.15) is 51.7 Å². The third kappa shape index (κ3) is 8.76. The third-order valence-corrected chi connectivity index (χ3v) is 10.9. The molecule has 3 aliphatic rings. The number of piperazine rings is 1. The number of halogens is 1. The fraction of sp³-hybridized carbons (Fsp3) is 0.400. The molecule has 0 spiro atoms. The van der Waals surface area contributed by atoms with Crippen LogP contribution in [-0.2, 0) is 25.6 Å². The van der Waals surface area contributed by atoms with Gasteiger partial charge in [-0.1, -0.05) is 24.6 Å². The fourth-order valence-corrected chi connectivity index (χ4v) is 7.95. The Morgan fingerprint density at radius 2 is 1.84 bits per heavy atom. The smallest absolute Gasteiger partial charge is 0.259 e. The van der Waals surface area contributed by atoms with E-state index in [9.17, 15) is 24.4 Å². The number of nitrogens with one attached hydrogen (secondary N) is 3. The van der Waals surface area contributed by atoms with Crippen LogP contribution in [0.2, 0.25) is 5.02 Å². The number of piperidine rings is 1. The van der Waals surface area contributed by atoms with E-state index in [0.717, 1.165) is 43.2 Å². The summed E-state index contributed by atoms with van der Waals surface area (Å²) in [6.07, 6.45) is 1.41. The van der Waals surface area contributed by atoms with Gasteiger partial charge in [0.25, 0.3) is 5.91 Å². The summed E-state index contributed by atoms with van der Waals surface area (Å²) in [7, 11) is 0. The number of benzene rings is 3. The summed E-state index contributed by atoms with van der Waals surface area (Å²) >= 11 is 12.2. The minimum absolute atomic E-state index is 0.119. The monoisotopic (exact) mass is 784 g/mol. The molecule has 3 aromatic rings. The molecule has 2 atom stereocenters. The predicted molar refractivity (Wildman–Crippen MR) is 216 cm³/mol. The van der Waals surface area contributed by atoms with Gasteiger partial charge in [-0.3, -0.25) is 39.2 Å². The van der Waals surface area contributed by atoms with Gasteiger partial charge >= 0.3 is 0 Å². The quantitative estimate of drug-likeness (QED) is 0.170. The second kappa shape index (κ2) is 16.7. The SMILES string of the molecule is CCc1cc(N2C(=S)N(c3ccc(C#N)c(Cl)c3)C(=O)C2(C)C)ccc1OCCN1CCN(CC(=O)Nc2cccc(NC3CCC(=O)NC3=O)c2)[C@H](C)C1. The average Bonchev–Trinajstić information content (AvgIpc) is 3.32. The molecule has 3 aromatic carbocycles. The van der Waals surface area contributed by atoms with E-state index in [2.05, 4.69) is 39.6 Å². The molecule has 3 N–H and O–H groups in total. The molecule has 0 aromatic heterocycles. The molecule has 1 unspecified atom stereocenters. The molecule has 3 fully saturated rings. The molecule has 55 heavy (non-hydrogen) atoms. The molecule has 0 aliphatic carbocycles. The number of ether oxygens (including phenoxy) is 1. The van der Waals surface area contributed by atoms with Gasteiger partial charge in [0.15, 0.2) is 5.11 Å². The van der Waals surface area contributed by atoms with Crippen molar-refractivity contribution in [2.75, 3.05) is 59.8 Å². The number of carbonyl (C=O) groups is 4. The summed E-state index contributed by atoms with van der Waals surface area (Å²) in [5, 5.41) is 18.3. The number of rotatable bonds is 12. The molecular weight excluding hydrogens is 740 g/mol. The van der Waals surface area contributed by atoms with E-state index >= 15 is 0 Å².